The zero-order chi connectivity index (χ0) is 27.5. The van der Waals surface area contributed by atoms with Crippen LogP contribution in [0.4, 0.5) is 0 Å². The van der Waals surface area contributed by atoms with Crippen LogP contribution in [0.2, 0.25) is 0 Å². The summed E-state index contributed by atoms with van der Waals surface area (Å²) in [4.78, 5) is 26.1. The molecule has 0 aliphatic heterocycles. The predicted octanol–water partition coefficient (Wildman–Crippen LogP) is 2.76. The number of aromatic nitrogens is 3. The summed E-state index contributed by atoms with van der Waals surface area (Å²) in [7, 11) is -2.27. The van der Waals surface area contributed by atoms with Crippen molar-refractivity contribution in [2.24, 2.45) is 7.05 Å². The van der Waals surface area contributed by atoms with Gasteiger partial charge in [-0.05, 0) is 49.7 Å². The molecule has 0 unspecified atom stereocenters. The number of ether oxygens (including phenoxy) is 1. The van der Waals surface area contributed by atoms with Crippen LogP contribution < -0.4 is 15.6 Å². The van der Waals surface area contributed by atoms with Crippen molar-refractivity contribution in [3.05, 3.63) is 93.9 Å². The Hall–Kier alpha value is -4.56. The maximum Gasteiger partial charge on any atom is 0.263 e. The summed E-state index contributed by atoms with van der Waals surface area (Å²) in [6.45, 7) is 3.01. The van der Waals surface area contributed by atoms with Gasteiger partial charge in [-0.3, -0.25) is 9.59 Å². The van der Waals surface area contributed by atoms with Crippen LogP contribution in [0.15, 0.2) is 76.6 Å². The van der Waals surface area contributed by atoms with Crippen LogP contribution in [0.25, 0.3) is 10.9 Å². The maximum absolute atomic E-state index is 13.1. The highest BCUT2D eigenvalue weighted by atomic mass is 32.2. The lowest BCUT2D eigenvalue weighted by molar-refractivity contribution is 0.0949. The van der Waals surface area contributed by atoms with E-state index in [9.17, 15) is 18.0 Å². The molecular weight excluding hydrogens is 506 g/mol. The first kappa shape index (κ1) is 26.5. The van der Waals surface area contributed by atoms with Crippen molar-refractivity contribution in [1.29, 1.82) is 5.26 Å². The molecule has 4 rings (SSSR count). The summed E-state index contributed by atoms with van der Waals surface area (Å²) in [6.07, 6.45) is 1.39. The van der Waals surface area contributed by atoms with E-state index in [1.54, 1.807) is 56.3 Å². The first-order valence-corrected chi connectivity index (χ1v) is 13.1. The Kier molecular flexibility index (Phi) is 7.28. The van der Waals surface area contributed by atoms with E-state index in [-0.39, 0.29) is 35.0 Å². The minimum absolute atomic E-state index is 0.0250. The van der Waals surface area contributed by atoms with Gasteiger partial charge < -0.3 is 14.6 Å². The fourth-order valence-corrected chi connectivity index (χ4v) is 5.16. The van der Waals surface area contributed by atoms with Crippen molar-refractivity contribution in [2.45, 2.75) is 30.0 Å². The largest absolute Gasteiger partial charge is 0.473 e. The standard InChI is InChI=1S/C27H25N5O5S/c1-27(2,38(35,36)21-7-5-4-6-8-21)17-37-25-23-20(16-30-31-25)13-22(26(34)32(23)3)24(33)29-15-19-11-9-18(14-28)10-12-19/h4-13,16H,15,17H2,1-3H3,(H,29,33). The van der Waals surface area contributed by atoms with Gasteiger partial charge in [0.1, 0.15) is 22.4 Å². The quantitative estimate of drug-likeness (QED) is 0.365. The molecule has 0 radical (unpaired) electrons. The van der Waals surface area contributed by atoms with Crippen molar-refractivity contribution in [3.63, 3.8) is 0 Å². The monoisotopic (exact) mass is 531 g/mol. The molecule has 2 aromatic heterocycles. The normalized spacial score (nSPS) is 11.6. The molecule has 0 aliphatic carbocycles. The van der Waals surface area contributed by atoms with E-state index in [2.05, 4.69) is 15.5 Å². The summed E-state index contributed by atoms with van der Waals surface area (Å²) in [6, 6.07) is 18.2. The second-order valence-electron chi connectivity index (χ2n) is 9.23. The van der Waals surface area contributed by atoms with Gasteiger partial charge in [-0.15, -0.1) is 5.10 Å². The highest BCUT2D eigenvalue weighted by Crippen LogP contribution is 2.28. The molecule has 0 saturated carbocycles. The number of pyridine rings is 1. The Bertz CT molecular complexity index is 1710. The molecule has 4 aromatic rings. The third-order valence-electron chi connectivity index (χ3n) is 6.11. The van der Waals surface area contributed by atoms with E-state index in [0.29, 0.717) is 10.9 Å². The van der Waals surface area contributed by atoms with E-state index in [4.69, 9.17) is 10.00 Å². The number of nitriles is 1. The van der Waals surface area contributed by atoms with Gasteiger partial charge in [0.25, 0.3) is 17.3 Å². The van der Waals surface area contributed by atoms with Crippen LogP contribution in [-0.4, -0.2) is 40.4 Å². The first-order chi connectivity index (χ1) is 18.0. The Morgan fingerprint density at radius 1 is 1.13 bits per heavy atom. The van der Waals surface area contributed by atoms with Crippen LogP contribution >= 0.6 is 0 Å². The van der Waals surface area contributed by atoms with Gasteiger partial charge in [0.05, 0.1) is 22.7 Å². The Morgan fingerprint density at radius 2 is 1.82 bits per heavy atom. The molecule has 0 spiro atoms. The van der Waals surface area contributed by atoms with Gasteiger partial charge in [0, 0.05) is 19.0 Å². The predicted molar refractivity (Wildman–Crippen MR) is 140 cm³/mol. The highest BCUT2D eigenvalue weighted by Gasteiger charge is 2.37. The third kappa shape index (κ3) is 5.12. The number of sulfone groups is 1. The van der Waals surface area contributed by atoms with Crippen molar-refractivity contribution in [3.8, 4) is 11.9 Å². The number of carbonyl (C=O) groups excluding carboxylic acids is 1. The van der Waals surface area contributed by atoms with E-state index in [1.165, 1.54) is 36.0 Å². The molecular formula is C27H25N5O5S. The summed E-state index contributed by atoms with van der Waals surface area (Å²) >= 11 is 0. The van der Waals surface area contributed by atoms with Crippen LogP contribution in [0.3, 0.4) is 0 Å². The lowest BCUT2D eigenvalue weighted by Crippen LogP contribution is -2.38. The topological polar surface area (TPSA) is 144 Å². The Morgan fingerprint density at radius 3 is 2.47 bits per heavy atom. The molecule has 0 bridgehead atoms. The lowest BCUT2D eigenvalue weighted by Gasteiger charge is -2.25. The molecule has 10 nitrogen and oxygen atoms in total. The van der Waals surface area contributed by atoms with E-state index in [0.717, 1.165) is 5.56 Å². The number of nitrogens with one attached hydrogen (secondary N) is 1. The second kappa shape index (κ2) is 10.4. The number of hydrogen-bond donors (Lipinski definition) is 1. The van der Waals surface area contributed by atoms with Gasteiger partial charge in [0.2, 0.25) is 0 Å². The van der Waals surface area contributed by atoms with Gasteiger partial charge in [0.15, 0.2) is 9.84 Å². The number of amides is 1. The van der Waals surface area contributed by atoms with E-state index >= 15 is 0 Å². The molecule has 0 atom stereocenters. The minimum atomic E-state index is -3.74. The molecule has 0 aliphatic rings. The average Bonchev–Trinajstić information content (AvgIpc) is 2.93. The molecule has 38 heavy (non-hydrogen) atoms. The van der Waals surface area contributed by atoms with E-state index < -0.39 is 26.1 Å². The number of fused-ring (bicyclic) bond motifs is 1. The van der Waals surface area contributed by atoms with Crippen LogP contribution in [0.5, 0.6) is 5.88 Å². The number of hydrogen-bond acceptors (Lipinski definition) is 8. The van der Waals surface area contributed by atoms with Crippen LogP contribution in [0, 0.1) is 11.3 Å². The van der Waals surface area contributed by atoms with E-state index in [1.807, 2.05) is 6.07 Å². The summed E-state index contributed by atoms with van der Waals surface area (Å²) in [5, 5.41) is 19.9. The van der Waals surface area contributed by atoms with Gasteiger partial charge in [-0.25, -0.2) is 8.42 Å². The van der Waals surface area contributed by atoms with Crippen molar-refractivity contribution >= 4 is 26.6 Å². The summed E-state index contributed by atoms with van der Waals surface area (Å²) in [5.74, 6) is -0.603. The molecule has 194 valence electrons. The van der Waals surface area contributed by atoms with Crippen molar-refractivity contribution in [2.75, 3.05) is 6.61 Å². The number of carbonyl (C=O) groups is 1. The molecule has 1 N–H and O–H groups in total. The van der Waals surface area contributed by atoms with Crippen molar-refractivity contribution in [1.82, 2.24) is 20.1 Å². The van der Waals surface area contributed by atoms with Crippen molar-refractivity contribution < 1.29 is 17.9 Å². The third-order valence-corrected chi connectivity index (χ3v) is 8.58. The number of benzene rings is 2. The number of aryl methyl sites for hydroxylation is 1. The SMILES string of the molecule is Cn1c(=O)c(C(=O)NCc2ccc(C#N)cc2)cc2cnnc(OCC(C)(C)S(=O)(=O)c3ccccc3)c21. The first-order valence-electron chi connectivity index (χ1n) is 11.6. The smallest absolute Gasteiger partial charge is 0.263 e. The Balaban J connectivity index is 1.58. The number of rotatable bonds is 8. The Labute approximate surface area is 219 Å². The van der Waals surface area contributed by atoms with Gasteiger partial charge in [-0.1, -0.05) is 30.3 Å². The van der Waals surface area contributed by atoms with Gasteiger partial charge in [-0.2, -0.15) is 10.4 Å². The second-order valence-corrected chi connectivity index (χ2v) is 11.8. The molecule has 2 heterocycles. The van der Waals surface area contributed by atoms with Gasteiger partial charge >= 0.3 is 0 Å². The summed E-state index contributed by atoms with van der Waals surface area (Å²) in [5.41, 5.74) is 0.873. The lowest BCUT2D eigenvalue weighted by atomic mass is 10.1. The minimum Gasteiger partial charge on any atom is -0.473 e. The van der Waals surface area contributed by atoms with Crippen LogP contribution in [0.1, 0.15) is 35.3 Å². The zero-order valence-electron chi connectivity index (χ0n) is 21.0. The fourth-order valence-electron chi connectivity index (χ4n) is 3.79. The molecule has 0 saturated heterocycles. The molecule has 2 aromatic carbocycles. The highest BCUT2D eigenvalue weighted by molar-refractivity contribution is 7.92. The number of nitrogens with zero attached hydrogens (tertiary/aromatic N) is 4. The average molecular weight is 532 g/mol. The fraction of sp³-hybridized carbons (Fsp3) is 0.222. The zero-order valence-corrected chi connectivity index (χ0v) is 21.8. The maximum atomic E-state index is 13.1. The molecule has 1 amide bonds. The molecule has 11 heteroatoms. The molecule has 0 fully saturated rings. The summed E-state index contributed by atoms with van der Waals surface area (Å²) < 4.78 is 32.0. The van der Waals surface area contributed by atoms with Crippen LogP contribution in [-0.2, 0) is 23.4 Å².